The number of hydrogen-bond donors (Lipinski definition) is 1. The number of rotatable bonds is 6. The van der Waals surface area contributed by atoms with E-state index in [0.717, 1.165) is 5.69 Å². The Balaban J connectivity index is 1.54. The largest absolute Gasteiger partial charge is 0.368 e. The predicted octanol–water partition coefficient (Wildman–Crippen LogP) is 3.80. The van der Waals surface area contributed by atoms with E-state index in [1.807, 2.05) is 4.90 Å². The van der Waals surface area contributed by atoms with Gasteiger partial charge in [0, 0.05) is 43.1 Å². The number of hydrogen-bond acceptors (Lipinski definition) is 8. The van der Waals surface area contributed by atoms with Crippen LogP contribution < -0.4 is 15.1 Å². The van der Waals surface area contributed by atoms with Crippen LogP contribution >= 0.6 is 0 Å². The molecule has 1 N–H and O–H groups in total. The van der Waals surface area contributed by atoms with Gasteiger partial charge in [0.15, 0.2) is 5.78 Å². The van der Waals surface area contributed by atoms with Gasteiger partial charge in [-0.2, -0.15) is 0 Å². The van der Waals surface area contributed by atoms with Crippen LogP contribution in [-0.4, -0.2) is 46.9 Å². The molecule has 10 heteroatoms. The number of ketones is 1. The predicted molar refractivity (Wildman–Crippen MR) is 119 cm³/mol. The Kier molecular flexibility index (Phi) is 5.93. The van der Waals surface area contributed by atoms with Gasteiger partial charge in [0.2, 0.25) is 11.6 Å². The molecule has 1 fully saturated rings. The van der Waals surface area contributed by atoms with Gasteiger partial charge >= 0.3 is 5.69 Å². The van der Waals surface area contributed by atoms with Gasteiger partial charge < -0.3 is 15.1 Å². The number of aromatic nitrogens is 2. The zero-order valence-corrected chi connectivity index (χ0v) is 17.4. The Bertz CT molecular complexity index is 1130. The van der Waals surface area contributed by atoms with Crippen LogP contribution in [-0.2, 0) is 0 Å². The van der Waals surface area contributed by atoms with Gasteiger partial charge in [0.05, 0.1) is 4.92 Å². The lowest BCUT2D eigenvalue weighted by Gasteiger charge is -2.36. The summed E-state index contributed by atoms with van der Waals surface area (Å²) >= 11 is 0. The maximum absolute atomic E-state index is 13.2. The first-order valence-electron chi connectivity index (χ1n) is 10.1. The summed E-state index contributed by atoms with van der Waals surface area (Å²) in [5.74, 6) is -0.0326. The van der Waals surface area contributed by atoms with Crippen LogP contribution in [0, 0.1) is 15.9 Å². The molecule has 9 nitrogen and oxygen atoms in total. The van der Waals surface area contributed by atoms with E-state index in [2.05, 4.69) is 20.2 Å². The van der Waals surface area contributed by atoms with Crippen molar-refractivity contribution in [1.29, 1.82) is 0 Å². The third-order valence-electron chi connectivity index (χ3n) is 5.31. The highest BCUT2D eigenvalue weighted by Crippen LogP contribution is 2.34. The lowest BCUT2D eigenvalue weighted by atomic mass is 10.1. The zero-order valence-electron chi connectivity index (χ0n) is 17.4. The summed E-state index contributed by atoms with van der Waals surface area (Å²) in [7, 11) is 0. The minimum absolute atomic E-state index is 0.0633. The number of carbonyl (C=O) groups excluding carboxylic acids is 1. The minimum Gasteiger partial charge on any atom is -0.368 e. The SMILES string of the molecule is CC(=O)c1ccc(Nc2ncnc(N3CCN(c4ccc(F)cc4)CC3)c2[N+](=O)[O-])cc1. The van der Waals surface area contributed by atoms with Crippen molar-refractivity contribution in [3.8, 4) is 0 Å². The van der Waals surface area contributed by atoms with Crippen LogP contribution in [0.5, 0.6) is 0 Å². The van der Waals surface area contributed by atoms with Crippen LogP contribution in [0.4, 0.5) is 33.1 Å². The molecule has 2 aromatic carbocycles. The molecule has 1 aliphatic heterocycles. The number of nitrogens with zero attached hydrogens (tertiary/aromatic N) is 5. The summed E-state index contributed by atoms with van der Waals surface area (Å²) in [6, 6.07) is 12.9. The van der Waals surface area contributed by atoms with Crippen molar-refractivity contribution in [3.05, 3.63) is 76.4 Å². The van der Waals surface area contributed by atoms with Crippen LogP contribution in [0.1, 0.15) is 17.3 Å². The summed E-state index contributed by atoms with van der Waals surface area (Å²) in [6.07, 6.45) is 1.29. The van der Waals surface area contributed by atoms with E-state index in [4.69, 9.17) is 0 Å². The minimum atomic E-state index is -0.492. The molecule has 0 amide bonds. The Hall–Kier alpha value is -4.08. The van der Waals surface area contributed by atoms with Gasteiger partial charge in [0.1, 0.15) is 12.1 Å². The third kappa shape index (κ3) is 4.48. The van der Waals surface area contributed by atoms with Gasteiger partial charge in [-0.25, -0.2) is 14.4 Å². The van der Waals surface area contributed by atoms with Crippen molar-refractivity contribution < 1.29 is 14.1 Å². The van der Waals surface area contributed by atoms with E-state index in [-0.39, 0.29) is 28.9 Å². The molecule has 1 aromatic heterocycles. The number of benzene rings is 2. The number of nitrogens with one attached hydrogen (secondary N) is 1. The second-order valence-electron chi connectivity index (χ2n) is 7.36. The fourth-order valence-electron chi connectivity index (χ4n) is 3.61. The number of halogens is 1. The van der Waals surface area contributed by atoms with Crippen molar-refractivity contribution in [2.45, 2.75) is 6.92 Å². The number of Topliss-reactive ketones (excluding diaryl/α,β-unsaturated/α-hetero) is 1. The topological polar surface area (TPSA) is 104 Å². The Labute approximate surface area is 183 Å². The van der Waals surface area contributed by atoms with Crippen LogP contribution in [0.25, 0.3) is 0 Å². The Morgan fingerprint density at radius 1 is 1.00 bits per heavy atom. The molecule has 0 aliphatic carbocycles. The van der Waals surface area contributed by atoms with Gasteiger partial charge in [-0.05, 0) is 55.5 Å². The molecule has 4 rings (SSSR count). The van der Waals surface area contributed by atoms with E-state index in [0.29, 0.717) is 37.4 Å². The van der Waals surface area contributed by atoms with Crippen LogP contribution in [0.15, 0.2) is 54.9 Å². The number of anilines is 4. The fourth-order valence-corrected chi connectivity index (χ4v) is 3.61. The average Bonchev–Trinajstić information content (AvgIpc) is 2.80. The fraction of sp³-hybridized carbons (Fsp3) is 0.227. The van der Waals surface area contributed by atoms with Gasteiger partial charge in [-0.1, -0.05) is 0 Å². The second kappa shape index (κ2) is 8.96. The first kappa shape index (κ1) is 21.2. The standard InChI is InChI=1S/C22H21FN6O3/c1-15(30)16-2-6-18(7-3-16)26-21-20(29(31)32)22(25-14-24-21)28-12-10-27(11-13-28)19-8-4-17(23)5-9-19/h2-9,14H,10-13H2,1H3,(H,24,25,26). The molecule has 1 aliphatic rings. The van der Waals surface area contributed by atoms with Gasteiger partial charge in [0.25, 0.3) is 0 Å². The van der Waals surface area contributed by atoms with Crippen LogP contribution in [0.2, 0.25) is 0 Å². The molecule has 0 radical (unpaired) electrons. The van der Waals surface area contributed by atoms with E-state index >= 15 is 0 Å². The summed E-state index contributed by atoms with van der Waals surface area (Å²) < 4.78 is 13.2. The highest BCUT2D eigenvalue weighted by Gasteiger charge is 2.29. The van der Waals surface area contributed by atoms with E-state index < -0.39 is 4.92 Å². The van der Waals surface area contributed by atoms with Crippen molar-refractivity contribution in [3.63, 3.8) is 0 Å². The molecule has 0 spiro atoms. The highest BCUT2D eigenvalue weighted by atomic mass is 19.1. The second-order valence-corrected chi connectivity index (χ2v) is 7.36. The molecule has 0 bridgehead atoms. The summed E-state index contributed by atoms with van der Waals surface area (Å²) in [5, 5.41) is 14.9. The monoisotopic (exact) mass is 436 g/mol. The average molecular weight is 436 g/mol. The number of nitro groups is 1. The normalized spacial score (nSPS) is 13.7. The van der Waals surface area contributed by atoms with Crippen molar-refractivity contribution >= 4 is 34.5 Å². The first-order chi connectivity index (χ1) is 15.4. The van der Waals surface area contributed by atoms with Crippen molar-refractivity contribution in [1.82, 2.24) is 9.97 Å². The first-order valence-corrected chi connectivity index (χ1v) is 10.1. The quantitative estimate of drug-likeness (QED) is 0.354. The summed E-state index contributed by atoms with van der Waals surface area (Å²) in [4.78, 5) is 35.1. The Morgan fingerprint density at radius 3 is 2.22 bits per heavy atom. The molecule has 1 saturated heterocycles. The smallest absolute Gasteiger partial charge is 0.353 e. The molecule has 2 heterocycles. The molecular weight excluding hydrogens is 415 g/mol. The zero-order chi connectivity index (χ0) is 22.7. The van der Waals surface area contributed by atoms with E-state index in [1.165, 1.54) is 25.4 Å². The molecular formula is C22H21FN6O3. The van der Waals surface area contributed by atoms with Gasteiger partial charge in [-0.15, -0.1) is 0 Å². The lowest BCUT2D eigenvalue weighted by Crippen LogP contribution is -2.47. The van der Waals surface area contributed by atoms with Crippen molar-refractivity contribution in [2.75, 3.05) is 41.3 Å². The molecule has 0 saturated carbocycles. The summed E-state index contributed by atoms with van der Waals surface area (Å²) in [5.41, 5.74) is 1.81. The maximum atomic E-state index is 13.2. The number of piperazine rings is 1. The maximum Gasteiger partial charge on any atom is 0.353 e. The molecule has 32 heavy (non-hydrogen) atoms. The third-order valence-corrected chi connectivity index (χ3v) is 5.31. The molecule has 0 unspecified atom stereocenters. The lowest BCUT2D eigenvalue weighted by molar-refractivity contribution is -0.383. The molecule has 3 aromatic rings. The molecule has 0 atom stereocenters. The van der Waals surface area contributed by atoms with E-state index in [1.54, 1.807) is 36.4 Å². The highest BCUT2D eigenvalue weighted by molar-refractivity contribution is 5.94. The van der Waals surface area contributed by atoms with Crippen molar-refractivity contribution in [2.24, 2.45) is 0 Å². The van der Waals surface area contributed by atoms with Crippen LogP contribution in [0.3, 0.4) is 0 Å². The van der Waals surface area contributed by atoms with E-state index in [9.17, 15) is 19.3 Å². The summed E-state index contributed by atoms with van der Waals surface area (Å²) in [6.45, 7) is 3.73. The molecule has 164 valence electrons. The number of carbonyl (C=O) groups is 1. The Morgan fingerprint density at radius 2 is 1.62 bits per heavy atom. The van der Waals surface area contributed by atoms with Gasteiger partial charge in [-0.3, -0.25) is 14.9 Å².